The van der Waals surface area contributed by atoms with E-state index in [2.05, 4.69) is 0 Å². The minimum atomic E-state index is -0.497. The van der Waals surface area contributed by atoms with Gasteiger partial charge in [0.2, 0.25) is 0 Å². The lowest BCUT2D eigenvalue weighted by Gasteiger charge is -2.21. The van der Waals surface area contributed by atoms with Crippen LogP contribution in [-0.2, 0) is 0 Å². The zero-order valence-corrected chi connectivity index (χ0v) is 5.36. The summed E-state index contributed by atoms with van der Waals surface area (Å²) in [5, 5.41) is 0. The third kappa shape index (κ3) is 1.21. The van der Waals surface area contributed by atoms with Gasteiger partial charge >= 0.3 is 0 Å². The average molecular weight is 116 g/mol. The molecule has 8 heavy (non-hydrogen) atoms. The van der Waals surface area contributed by atoms with Crippen molar-refractivity contribution in [1.82, 2.24) is 0 Å². The van der Waals surface area contributed by atoms with Crippen LogP contribution in [-0.4, -0.2) is 6.17 Å². The third-order valence-corrected chi connectivity index (χ3v) is 2.01. The first-order valence-electron chi connectivity index (χ1n) is 3.45. The number of halogens is 1. The largest absolute Gasteiger partial charge is 0.247 e. The number of rotatable bonds is 0. The highest BCUT2D eigenvalue weighted by molar-refractivity contribution is 4.70. The monoisotopic (exact) mass is 116 g/mol. The van der Waals surface area contributed by atoms with E-state index < -0.39 is 6.17 Å². The van der Waals surface area contributed by atoms with Gasteiger partial charge in [0.15, 0.2) is 0 Å². The van der Waals surface area contributed by atoms with E-state index >= 15 is 0 Å². The van der Waals surface area contributed by atoms with E-state index in [4.69, 9.17) is 0 Å². The van der Waals surface area contributed by atoms with Crippen molar-refractivity contribution in [3.63, 3.8) is 0 Å². The van der Waals surface area contributed by atoms with Crippen LogP contribution in [0.3, 0.4) is 0 Å². The summed E-state index contributed by atoms with van der Waals surface area (Å²) < 4.78 is 12.6. The molecule has 0 radical (unpaired) electrons. The maximum atomic E-state index is 12.6. The van der Waals surface area contributed by atoms with Crippen molar-refractivity contribution in [2.24, 2.45) is 5.92 Å². The van der Waals surface area contributed by atoms with Crippen LogP contribution in [0.5, 0.6) is 0 Å². The summed E-state index contributed by atoms with van der Waals surface area (Å²) in [5.74, 6) is 0.337. The number of hydrogen-bond donors (Lipinski definition) is 0. The molecule has 1 saturated carbocycles. The van der Waals surface area contributed by atoms with Gasteiger partial charge in [-0.15, -0.1) is 0 Å². The van der Waals surface area contributed by atoms with Gasteiger partial charge in [-0.3, -0.25) is 0 Å². The van der Waals surface area contributed by atoms with E-state index in [0.29, 0.717) is 5.92 Å². The zero-order valence-electron chi connectivity index (χ0n) is 5.36. The molecule has 1 fully saturated rings. The molecule has 2 unspecified atom stereocenters. The van der Waals surface area contributed by atoms with Gasteiger partial charge in [0.05, 0.1) is 0 Å². The second kappa shape index (κ2) is 2.47. The molecule has 0 aliphatic heterocycles. The van der Waals surface area contributed by atoms with E-state index in [9.17, 15) is 4.39 Å². The lowest BCUT2D eigenvalue weighted by Crippen LogP contribution is -2.16. The quantitative estimate of drug-likeness (QED) is 0.456. The molecule has 2 atom stereocenters. The van der Waals surface area contributed by atoms with Crippen LogP contribution in [0.2, 0.25) is 0 Å². The standard InChI is InChI=1S/C7H13F/c1-6-4-2-3-5-7(6)8/h6-7H,2-5H2,1H3. The Balaban J connectivity index is 2.28. The van der Waals surface area contributed by atoms with Gasteiger partial charge in [-0.05, 0) is 18.8 Å². The van der Waals surface area contributed by atoms with Gasteiger partial charge in [0, 0.05) is 0 Å². The van der Waals surface area contributed by atoms with Crippen LogP contribution >= 0.6 is 0 Å². The summed E-state index contributed by atoms with van der Waals surface area (Å²) in [6.07, 6.45) is 3.75. The molecule has 0 nitrogen and oxygen atoms in total. The van der Waals surface area contributed by atoms with E-state index in [1.54, 1.807) is 0 Å². The Hall–Kier alpha value is -0.0700. The van der Waals surface area contributed by atoms with Crippen molar-refractivity contribution in [1.29, 1.82) is 0 Å². The molecule has 0 spiro atoms. The summed E-state index contributed by atoms with van der Waals surface area (Å²) in [4.78, 5) is 0. The molecular weight excluding hydrogens is 103 g/mol. The van der Waals surface area contributed by atoms with E-state index in [0.717, 1.165) is 19.3 Å². The molecule has 0 aromatic rings. The molecule has 0 bridgehead atoms. The van der Waals surface area contributed by atoms with Gasteiger partial charge in [-0.2, -0.15) is 0 Å². The molecule has 48 valence electrons. The summed E-state index contributed by atoms with van der Waals surface area (Å²) in [7, 11) is 0. The Morgan fingerprint density at radius 3 is 2.25 bits per heavy atom. The Bertz CT molecular complexity index is 60.8. The maximum absolute atomic E-state index is 12.6. The van der Waals surface area contributed by atoms with Crippen molar-refractivity contribution >= 4 is 0 Å². The highest BCUT2D eigenvalue weighted by atomic mass is 19.1. The van der Waals surface area contributed by atoms with Crippen LogP contribution in [0.1, 0.15) is 32.6 Å². The number of alkyl halides is 1. The first-order valence-corrected chi connectivity index (χ1v) is 3.45. The second-order valence-electron chi connectivity index (χ2n) is 2.78. The van der Waals surface area contributed by atoms with Crippen LogP contribution < -0.4 is 0 Å². The molecule has 1 heteroatoms. The molecule has 0 saturated heterocycles. The first kappa shape index (κ1) is 6.06. The number of hydrogen-bond acceptors (Lipinski definition) is 0. The normalized spacial score (nSPS) is 39.8. The summed E-state index contributed by atoms with van der Waals surface area (Å²) in [6.45, 7) is 2.00. The lowest BCUT2D eigenvalue weighted by atomic mass is 9.89. The van der Waals surface area contributed by atoms with Gasteiger partial charge in [-0.25, -0.2) is 4.39 Å². The smallest absolute Gasteiger partial charge is 0.103 e. The summed E-state index contributed by atoms with van der Waals surface area (Å²) >= 11 is 0. The molecular formula is C7H13F. The Morgan fingerprint density at radius 1 is 1.25 bits per heavy atom. The van der Waals surface area contributed by atoms with Crippen molar-refractivity contribution in [2.45, 2.75) is 38.8 Å². The van der Waals surface area contributed by atoms with Crippen molar-refractivity contribution in [2.75, 3.05) is 0 Å². The van der Waals surface area contributed by atoms with E-state index in [1.807, 2.05) is 6.92 Å². The summed E-state index contributed by atoms with van der Waals surface area (Å²) in [6, 6.07) is 0. The molecule has 1 rings (SSSR count). The fourth-order valence-electron chi connectivity index (χ4n) is 1.27. The van der Waals surface area contributed by atoms with Crippen LogP contribution in [0.4, 0.5) is 4.39 Å². The molecule has 0 aromatic heterocycles. The Morgan fingerprint density at radius 2 is 1.88 bits per heavy atom. The molecule has 0 heterocycles. The summed E-state index contributed by atoms with van der Waals surface area (Å²) in [5.41, 5.74) is 0. The second-order valence-corrected chi connectivity index (χ2v) is 2.78. The fraction of sp³-hybridized carbons (Fsp3) is 1.00. The SMILES string of the molecule is CC1CCCCC1F. The third-order valence-electron chi connectivity index (χ3n) is 2.01. The lowest BCUT2D eigenvalue weighted by molar-refractivity contribution is 0.179. The van der Waals surface area contributed by atoms with Crippen LogP contribution in [0, 0.1) is 5.92 Å². The van der Waals surface area contributed by atoms with Gasteiger partial charge in [-0.1, -0.05) is 19.8 Å². The van der Waals surface area contributed by atoms with Crippen molar-refractivity contribution < 1.29 is 4.39 Å². The minimum absolute atomic E-state index is 0.337. The molecule has 0 amide bonds. The van der Waals surface area contributed by atoms with Gasteiger partial charge < -0.3 is 0 Å². The highest BCUT2D eigenvalue weighted by Gasteiger charge is 2.19. The minimum Gasteiger partial charge on any atom is -0.247 e. The molecule has 0 aromatic carbocycles. The molecule has 1 aliphatic carbocycles. The molecule has 1 aliphatic rings. The van der Waals surface area contributed by atoms with Crippen molar-refractivity contribution in [3.05, 3.63) is 0 Å². The predicted molar refractivity (Wildman–Crippen MR) is 32.5 cm³/mol. The maximum Gasteiger partial charge on any atom is 0.103 e. The highest BCUT2D eigenvalue weighted by Crippen LogP contribution is 2.25. The van der Waals surface area contributed by atoms with Crippen LogP contribution in [0.15, 0.2) is 0 Å². The van der Waals surface area contributed by atoms with Gasteiger partial charge in [0.25, 0.3) is 0 Å². The fourth-order valence-corrected chi connectivity index (χ4v) is 1.27. The van der Waals surface area contributed by atoms with Crippen LogP contribution in [0.25, 0.3) is 0 Å². The average Bonchev–Trinajstić information content (AvgIpc) is 1.77. The Kier molecular flexibility index (Phi) is 1.87. The van der Waals surface area contributed by atoms with Gasteiger partial charge in [0.1, 0.15) is 6.17 Å². The Labute approximate surface area is 50.1 Å². The first-order chi connectivity index (χ1) is 3.80. The molecule has 0 N–H and O–H groups in total. The predicted octanol–water partition coefficient (Wildman–Crippen LogP) is 2.53. The topological polar surface area (TPSA) is 0 Å². The van der Waals surface area contributed by atoms with E-state index in [-0.39, 0.29) is 0 Å². The van der Waals surface area contributed by atoms with E-state index in [1.165, 1.54) is 6.42 Å². The zero-order chi connectivity index (χ0) is 5.98. The van der Waals surface area contributed by atoms with Crippen molar-refractivity contribution in [3.8, 4) is 0 Å².